The van der Waals surface area contributed by atoms with Crippen LogP contribution in [0.5, 0.6) is 0 Å². The molecule has 0 atom stereocenters. The van der Waals surface area contributed by atoms with Crippen LogP contribution in [0.2, 0.25) is 0 Å². The molecule has 1 aromatic heterocycles. The van der Waals surface area contributed by atoms with Gasteiger partial charge in [0.15, 0.2) is 0 Å². The van der Waals surface area contributed by atoms with Crippen LogP contribution in [-0.2, 0) is 0 Å². The quantitative estimate of drug-likeness (QED) is 0.499. The van der Waals surface area contributed by atoms with Gasteiger partial charge in [0, 0.05) is 17.7 Å². The molecule has 2 aromatic rings. The van der Waals surface area contributed by atoms with Crippen molar-refractivity contribution >= 4 is 5.84 Å². The lowest BCUT2D eigenvalue weighted by Gasteiger charge is -2.08. The first-order valence-corrected chi connectivity index (χ1v) is 6.74. The van der Waals surface area contributed by atoms with Crippen molar-refractivity contribution in [3.8, 4) is 11.1 Å². The second-order valence-corrected chi connectivity index (χ2v) is 5.02. The first kappa shape index (κ1) is 14.3. The monoisotopic (exact) mass is 271 g/mol. The van der Waals surface area contributed by atoms with Crippen molar-refractivity contribution in [2.24, 2.45) is 10.7 Å². The van der Waals surface area contributed by atoms with Crippen LogP contribution in [-0.4, -0.2) is 37.9 Å². The Bertz CT molecular complexity index is 559. The number of furan rings is 1. The molecule has 0 radical (unpaired) electrons. The smallest absolute Gasteiger partial charge is 0.125 e. The summed E-state index contributed by atoms with van der Waals surface area (Å²) < 4.78 is 5.10. The van der Waals surface area contributed by atoms with Crippen molar-refractivity contribution in [2.45, 2.75) is 6.42 Å². The molecule has 20 heavy (non-hydrogen) atoms. The number of nitrogens with zero attached hydrogens (tertiary/aromatic N) is 2. The third kappa shape index (κ3) is 3.96. The molecule has 1 heterocycles. The summed E-state index contributed by atoms with van der Waals surface area (Å²) in [6, 6.07) is 9.97. The van der Waals surface area contributed by atoms with Gasteiger partial charge in [0.25, 0.3) is 0 Å². The van der Waals surface area contributed by atoms with Crippen molar-refractivity contribution in [3.05, 3.63) is 48.4 Å². The van der Waals surface area contributed by atoms with Crippen molar-refractivity contribution in [3.63, 3.8) is 0 Å². The summed E-state index contributed by atoms with van der Waals surface area (Å²) >= 11 is 0. The van der Waals surface area contributed by atoms with E-state index in [0.29, 0.717) is 5.84 Å². The molecule has 0 aliphatic heterocycles. The van der Waals surface area contributed by atoms with E-state index < -0.39 is 0 Å². The maximum Gasteiger partial charge on any atom is 0.125 e. The van der Waals surface area contributed by atoms with Gasteiger partial charge in [0.2, 0.25) is 0 Å². The molecule has 4 nitrogen and oxygen atoms in total. The Labute approximate surface area is 119 Å². The first-order chi connectivity index (χ1) is 9.66. The largest absolute Gasteiger partial charge is 0.472 e. The molecule has 2 N–H and O–H groups in total. The highest BCUT2D eigenvalue weighted by Gasteiger charge is 2.03. The standard InChI is InChI=1S/C16H21N3O/c1-19(2)9-4-8-18-16(17)14-6-3-5-13(11-14)15-7-10-20-12-15/h3,5-7,10-12H,4,8-9H2,1-2H3,(H2,17,18). The van der Waals surface area contributed by atoms with Crippen LogP contribution in [0, 0.1) is 0 Å². The van der Waals surface area contributed by atoms with Crippen molar-refractivity contribution in [1.29, 1.82) is 0 Å². The first-order valence-electron chi connectivity index (χ1n) is 6.74. The molecule has 0 aliphatic carbocycles. The van der Waals surface area contributed by atoms with Crippen LogP contribution < -0.4 is 5.73 Å². The molecule has 1 aromatic carbocycles. The Morgan fingerprint density at radius 1 is 1.25 bits per heavy atom. The molecule has 0 spiro atoms. The summed E-state index contributed by atoms with van der Waals surface area (Å²) in [7, 11) is 4.11. The van der Waals surface area contributed by atoms with Gasteiger partial charge in [-0.15, -0.1) is 0 Å². The Morgan fingerprint density at radius 3 is 2.80 bits per heavy atom. The van der Waals surface area contributed by atoms with Crippen molar-refractivity contribution < 1.29 is 4.42 Å². The zero-order chi connectivity index (χ0) is 14.4. The molecule has 2 rings (SSSR count). The zero-order valence-corrected chi connectivity index (χ0v) is 12.0. The van der Waals surface area contributed by atoms with E-state index in [-0.39, 0.29) is 0 Å². The number of hydrogen-bond acceptors (Lipinski definition) is 3. The summed E-state index contributed by atoms with van der Waals surface area (Å²) in [5.74, 6) is 0.592. The lowest BCUT2D eigenvalue weighted by Crippen LogP contribution is -2.16. The molecule has 0 saturated heterocycles. The second-order valence-electron chi connectivity index (χ2n) is 5.02. The number of nitrogens with two attached hydrogens (primary N) is 1. The molecule has 0 aliphatic rings. The number of aliphatic imine (C=N–C) groups is 1. The average Bonchev–Trinajstić information content (AvgIpc) is 2.97. The Balaban J connectivity index is 2.05. The van der Waals surface area contributed by atoms with Gasteiger partial charge in [-0.1, -0.05) is 18.2 Å². The van der Waals surface area contributed by atoms with E-state index in [9.17, 15) is 0 Å². The fourth-order valence-corrected chi connectivity index (χ4v) is 1.96. The van der Waals surface area contributed by atoms with E-state index in [4.69, 9.17) is 10.2 Å². The third-order valence-corrected chi connectivity index (χ3v) is 3.06. The Morgan fingerprint density at radius 2 is 2.10 bits per heavy atom. The number of rotatable bonds is 6. The van der Waals surface area contributed by atoms with Gasteiger partial charge >= 0.3 is 0 Å². The highest BCUT2D eigenvalue weighted by Crippen LogP contribution is 2.20. The minimum Gasteiger partial charge on any atom is -0.472 e. The summed E-state index contributed by atoms with van der Waals surface area (Å²) in [6.45, 7) is 1.77. The second kappa shape index (κ2) is 6.91. The van der Waals surface area contributed by atoms with Gasteiger partial charge < -0.3 is 15.1 Å². The maximum absolute atomic E-state index is 6.05. The normalized spacial score (nSPS) is 12.1. The third-order valence-electron chi connectivity index (χ3n) is 3.06. The number of hydrogen-bond donors (Lipinski definition) is 1. The SMILES string of the molecule is CN(C)CCCN=C(N)c1cccc(-c2ccoc2)c1. The molecule has 0 amide bonds. The predicted octanol–water partition coefficient (Wildman–Crippen LogP) is 2.60. The topological polar surface area (TPSA) is 54.8 Å². The Kier molecular flexibility index (Phi) is 4.96. The zero-order valence-electron chi connectivity index (χ0n) is 12.0. The van der Waals surface area contributed by atoms with Gasteiger partial charge in [0.1, 0.15) is 5.84 Å². The maximum atomic E-state index is 6.05. The summed E-state index contributed by atoms with van der Waals surface area (Å²) in [6.07, 6.45) is 4.40. The lowest BCUT2D eigenvalue weighted by molar-refractivity contribution is 0.403. The van der Waals surface area contributed by atoms with Crippen LogP contribution in [0.1, 0.15) is 12.0 Å². The Hall–Kier alpha value is -2.07. The fraction of sp³-hybridized carbons (Fsp3) is 0.312. The molecule has 0 bridgehead atoms. The van der Waals surface area contributed by atoms with E-state index in [0.717, 1.165) is 36.2 Å². The van der Waals surface area contributed by atoms with Crippen LogP contribution in [0.25, 0.3) is 11.1 Å². The van der Waals surface area contributed by atoms with E-state index in [2.05, 4.69) is 24.0 Å². The van der Waals surface area contributed by atoms with Crippen molar-refractivity contribution in [1.82, 2.24) is 4.90 Å². The van der Waals surface area contributed by atoms with Gasteiger partial charge in [-0.3, -0.25) is 4.99 Å². The van der Waals surface area contributed by atoms with Crippen molar-refractivity contribution in [2.75, 3.05) is 27.2 Å². The van der Waals surface area contributed by atoms with E-state index >= 15 is 0 Å². The molecule has 0 saturated carbocycles. The molecule has 0 unspecified atom stereocenters. The molecular formula is C16H21N3O. The molecule has 0 fully saturated rings. The fourth-order valence-electron chi connectivity index (χ4n) is 1.96. The lowest BCUT2D eigenvalue weighted by atomic mass is 10.1. The minimum absolute atomic E-state index is 0.592. The number of benzene rings is 1. The summed E-state index contributed by atoms with van der Waals surface area (Å²) in [5, 5.41) is 0. The molecule has 4 heteroatoms. The average molecular weight is 271 g/mol. The van der Waals surface area contributed by atoms with Gasteiger partial charge in [-0.25, -0.2) is 0 Å². The number of amidine groups is 1. The van der Waals surface area contributed by atoms with Gasteiger partial charge in [-0.2, -0.15) is 0 Å². The summed E-state index contributed by atoms with van der Waals surface area (Å²) in [5.41, 5.74) is 9.13. The van der Waals surface area contributed by atoms with E-state index in [1.807, 2.05) is 30.3 Å². The van der Waals surface area contributed by atoms with Crippen LogP contribution in [0.15, 0.2) is 52.3 Å². The highest BCUT2D eigenvalue weighted by molar-refractivity contribution is 5.98. The molecule has 106 valence electrons. The summed E-state index contributed by atoms with van der Waals surface area (Å²) in [4.78, 5) is 6.58. The van der Waals surface area contributed by atoms with Gasteiger partial charge in [-0.05, 0) is 44.8 Å². The van der Waals surface area contributed by atoms with Crippen LogP contribution in [0.4, 0.5) is 0 Å². The van der Waals surface area contributed by atoms with Crippen LogP contribution >= 0.6 is 0 Å². The molecular weight excluding hydrogens is 250 g/mol. The highest BCUT2D eigenvalue weighted by atomic mass is 16.3. The minimum atomic E-state index is 0.592. The van der Waals surface area contributed by atoms with E-state index in [1.54, 1.807) is 12.5 Å². The van der Waals surface area contributed by atoms with Crippen LogP contribution in [0.3, 0.4) is 0 Å². The van der Waals surface area contributed by atoms with Gasteiger partial charge in [0.05, 0.1) is 12.5 Å². The van der Waals surface area contributed by atoms with E-state index in [1.165, 1.54) is 0 Å². The predicted molar refractivity (Wildman–Crippen MR) is 82.9 cm³/mol.